The summed E-state index contributed by atoms with van der Waals surface area (Å²) in [5.41, 5.74) is 0.706. The van der Waals surface area contributed by atoms with Crippen molar-refractivity contribution < 1.29 is 28.6 Å². The molecule has 2 heterocycles. The van der Waals surface area contributed by atoms with E-state index in [0.717, 1.165) is 24.2 Å². The van der Waals surface area contributed by atoms with Crippen LogP contribution in [0.4, 0.5) is 5.00 Å². The van der Waals surface area contributed by atoms with E-state index in [1.807, 2.05) is 0 Å². The molecule has 1 N–H and O–H groups in total. The van der Waals surface area contributed by atoms with Crippen molar-refractivity contribution in [3.05, 3.63) is 40.3 Å². The molecule has 3 rings (SSSR count). The van der Waals surface area contributed by atoms with E-state index in [0.29, 0.717) is 35.0 Å². The molecule has 2 aromatic rings. The van der Waals surface area contributed by atoms with Gasteiger partial charge in [0.25, 0.3) is 11.8 Å². The van der Waals surface area contributed by atoms with E-state index in [1.165, 1.54) is 7.11 Å². The van der Waals surface area contributed by atoms with Crippen LogP contribution in [0.5, 0.6) is 11.5 Å². The zero-order valence-electron chi connectivity index (χ0n) is 17.1. The summed E-state index contributed by atoms with van der Waals surface area (Å²) in [7, 11) is 2.83. The normalized spacial score (nSPS) is 13.1. The van der Waals surface area contributed by atoms with Gasteiger partial charge < -0.3 is 24.4 Å². The Labute approximate surface area is 178 Å². The van der Waals surface area contributed by atoms with Crippen molar-refractivity contribution in [3.8, 4) is 11.5 Å². The van der Waals surface area contributed by atoms with Crippen LogP contribution in [0.1, 0.15) is 38.4 Å². The smallest absolute Gasteiger partial charge is 0.341 e. The van der Waals surface area contributed by atoms with Gasteiger partial charge in [-0.1, -0.05) is 0 Å². The summed E-state index contributed by atoms with van der Waals surface area (Å²) in [5, 5.41) is 2.97. The first-order valence-corrected chi connectivity index (χ1v) is 10.3. The Hall–Kier alpha value is -3.07. The van der Waals surface area contributed by atoms with Crippen LogP contribution in [-0.2, 0) is 9.53 Å². The van der Waals surface area contributed by atoms with Gasteiger partial charge in [-0.3, -0.25) is 9.59 Å². The third kappa shape index (κ3) is 4.73. The molecule has 1 saturated heterocycles. The molecule has 1 aromatic carbocycles. The van der Waals surface area contributed by atoms with E-state index in [4.69, 9.17) is 14.2 Å². The van der Waals surface area contributed by atoms with Crippen LogP contribution >= 0.6 is 11.3 Å². The summed E-state index contributed by atoms with van der Waals surface area (Å²) in [6.07, 6.45) is 1.93. The predicted octanol–water partition coefficient (Wildman–Crippen LogP) is 3.11. The molecule has 9 heteroatoms. The van der Waals surface area contributed by atoms with Gasteiger partial charge in [0.1, 0.15) is 16.5 Å². The van der Waals surface area contributed by atoms with Crippen LogP contribution in [0, 0.1) is 6.92 Å². The Bertz CT molecular complexity index is 932. The molecule has 1 aliphatic rings. The Morgan fingerprint density at radius 3 is 2.30 bits per heavy atom. The molecule has 0 saturated carbocycles. The maximum Gasteiger partial charge on any atom is 0.341 e. The summed E-state index contributed by atoms with van der Waals surface area (Å²) in [5.74, 6) is 0.00769. The lowest BCUT2D eigenvalue weighted by atomic mass is 10.1. The van der Waals surface area contributed by atoms with Crippen LogP contribution in [0.2, 0.25) is 0 Å². The first kappa shape index (κ1) is 21.6. The van der Waals surface area contributed by atoms with Gasteiger partial charge in [0.15, 0.2) is 6.61 Å². The second-order valence-electron chi connectivity index (χ2n) is 6.76. The number of rotatable bonds is 7. The summed E-state index contributed by atoms with van der Waals surface area (Å²) >= 11 is 1.08. The molecule has 2 amide bonds. The van der Waals surface area contributed by atoms with E-state index < -0.39 is 11.9 Å². The van der Waals surface area contributed by atoms with E-state index in [-0.39, 0.29) is 23.1 Å². The fourth-order valence-corrected chi connectivity index (χ4v) is 4.38. The van der Waals surface area contributed by atoms with Gasteiger partial charge in [0.05, 0.1) is 24.7 Å². The molecule has 1 aliphatic heterocycles. The molecular formula is C21H24N2O6S. The molecule has 0 spiro atoms. The summed E-state index contributed by atoms with van der Waals surface area (Å²) in [6, 6.07) is 6.82. The number of anilines is 1. The van der Waals surface area contributed by atoms with Crippen LogP contribution < -0.4 is 14.8 Å². The first-order chi connectivity index (χ1) is 14.4. The van der Waals surface area contributed by atoms with Crippen molar-refractivity contribution in [2.75, 3.05) is 39.2 Å². The molecule has 30 heavy (non-hydrogen) atoms. The van der Waals surface area contributed by atoms with E-state index >= 15 is 0 Å². The number of carbonyl (C=O) groups is 3. The van der Waals surface area contributed by atoms with E-state index in [2.05, 4.69) is 5.32 Å². The number of hydrogen-bond acceptors (Lipinski definition) is 7. The highest BCUT2D eigenvalue weighted by Crippen LogP contribution is 2.35. The minimum Gasteiger partial charge on any atom is -0.497 e. The Kier molecular flexibility index (Phi) is 6.94. The molecule has 0 bridgehead atoms. The second-order valence-corrected chi connectivity index (χ2v) is 7.78. The average Bonchev–Trinajstić information content (AvgIpc) is 3.40. The molecule has 1 fully saturated rings. The van der Waals surface area contributed by atoms with Crippen LogP contribution in [0.15, 0.2) is 24.3 Å². The van der Waals surface area contributed by atoms with Gasteiger partial charge in [-0.15, -0.1) is 11.3 Å². The fraction of sp³-hybridized carbons (Fsp3) is 0.381. The predicted molar refractivity (Wildman–Crippen MR) is 113 cm³/mol. The van der Waals surface area contributed by atoms with Crippen molar-refractivity contribution in [2.45, 2.75) is 19.8 Å². The number of amides is 2. The number of nitrogens with zero attached hydrogens (tertiary/aromatic N) is 1. The van der Waals surface area contributed by atoms with Gasteiger partial charge >= 0.3 is 5.97 Å². The number of carbonyl (C=O) groups excluding carboxylic acids is 3. The highest BCUT2D eigenvalue weighted by atomic mass is 32.1. The summed E-state index contributed by atoms with van der Waals surface area (Å²) in [4.78, 5) is 39.7. The van der Waals surface area contributed by atoms with Crippen LogP contribution in [0.3, 0.4) is 0 Å². The van der Waals surface area contributed by atoms with E-state index in [1.54, 1.807) is 43.2 Å². The monoisotopic (exact) mass is 432 g/mol. The zero-order valence-corrected chi connectivity index (χ0v) is 18.0. The van der Waals surface area contributed by atoms with Gasteiger partial charge in [0, 0.05) is 13.1 Å². The number of thiophene rings is 1. The maximum absolute atomic E-state index is 12.8. The quantitative estimate of drug-likeness (QED) is 0.676. The lowest BCUT2D eigenvalue weighted by Crippen LogP contribution is -2.27. The van der Waals surface area contributed by atoms with Gasteiger partial charge in [0.2, 0.25) is 0 Å². The van der Waals surface area contributed by atoms with Crippen molar-refractivity contribution in [2.24, 2.45) is 0 Å². The standard InChI is InChI=1S/C21H24N2O6S/c1-13-17(21(26)28-3)19(30-18(13)20(25)23-10-4-5-11-23)22-16(24)12-29-15-8-6-14(27-2)7-9-15/h6-9H,4-5,10-12H2,1-3H3,(H,22,24). The number of methoxy groups -OCH3 is 2. The van der Waals surface area contributed by atoms with Crippen molar-refractivity contribution in [3.63, 3.8) is 0 Å². The minimum absolute atomic E-state index is 0.130. The Morgan fingerprint density at radius 2 is 1.70 bits per heavy atom. The Morgan fingerprint density at radius 1 is 1.07 bits per heavy atom. The SMILES string of the molecule is COC(=O)c1c(NC(=O)COc2ccc(OC)cc2)sc(C(=O)N2CCCC2)c1C. The highest BCUT2D eigenvalue weighted by molar-refractivity contribution is 7.18. The number of likely N-dealkylation sites (tertiary alicyclic amines) is 1. The first-order valence-electron chi connectivity index (χ1n) is 9.52. The van der Waals surface area contributed by atoms with Crippen molar-refractivity contribution in [1.82, 2.24) is 4.90 Å². The molecule has 8 nitrogen and oxygen atoms in total. The lowest BCUT2D eigenvalue weighted by molar-refractivity contribution is -0.118. The number of esters is 1. The Balaban J connectivity index is 1.74. The van der Waals surface area contributed by atoms with E-state index in [9.17, 15) is 14.4 Å². The summed E-state index contributed by atoms with van der Waals surface area (Å²) < 4.78 is 15.4. The topological polar surface area (TPSA) is 94.2 Å². The molecule has 0 unspecified atom stereocenters. The fourth-order valence-electron chi connectivity index (χ4n) is 3.20. The lowest BCUT2D eigenvalue weighted by Gasteiger charge is -2.14. The number of hydrogen-bond donors (Lipinski definition) is 1. The van der Waals surface area contributed by atoms with Gasteiger partial charge in [-0.25, -0.2) is 4.79 Å². The van der Waals surface area contributed by atoms with Crippen LogP contribution in [-0.4, -0.2) is 56.6 Å². The third-order valence-electron chi connectivity index (χ3n) is 4.81. The van der Waals surface area contributed by atoms with Gasteiger partial charge in [-0.2, -0.15) is 0 Å². The summed E-state index contributed by atoms with van der Waals surface area (Å²) in [6.45, 7) is 2.83. The molecule has 0 atom stereocenters. The average molecular weight is 432 g/mol. The molecule has 1 aromatic heterocycles. The molecule has 0 radical (unpaired) electrons. The van der Waals surface area contributed by atoms with Crippen LogP contribution in [0.25, 0.3) is 0 Å². The number of benzene rings is 1. The molecule has 160 valence electrons. The number of ether oxygens (including phenoxy) is 3. The minimum atomic E-state index is -0.601. The molecule has 0 aliphatic carbocycles. The zero-order chi connectivity index (χ0) is 21.7. The second kappa shape index (κ2) is 9.62. The highest BCUT2D eigenvalue weighted by Gasteiger charge is 2.29. The third-order valence-corrected chi connectivity index (χ3v) is 6.00. The maximum atomic E-state index is 12.8. The molecular weight excluding hydrogens is 408 g/mol. The van der Waals surface area contributed by atoms with Crippen molar-refractivity contribution >= 4 is 34.1 Å². The van der Waals surface area contributed by atoms with Crippen molar-refractivity contribution in [1.29, 1.82) is 0 Å². The number of nitrogens with one attached hydrogen (secondary N) is 1. The van der Waals surface area contributed by atoms with Gasteiger partial charge in [-0.05, 0) is 49.6 Å². The largest absolute Gasteiger partial charge is 0.497 e.